The number of nitrogens with two attached hydrogens (primary N) is 1. The van der Waals surface area contributed by atoms with Gasteiger partial charge in [-0.05, 0) is 6.92 Å². The van der Waals surface area contributed by atoms with E-state index in [2.05, 4.69) is 14.6 Å². The van der Waals surface area contributed by atoms with Crippen molar-refractivity contribution in [3.63, 3.8) is 0 Å². The molecule has 0 aromatic carbocycles. The number of rotatable bonds is 1. The van der Waals surface area contributed by atoms with E-state index in [1.165, 1.54) is 0 Å². The molecule has 0 saturated heterocycles. The van der Waals surface area contributed by atoms with Crippen LogP contribution in [0.3, 0.4) is 0 Å². The topological polar surface area (TPSA) is 84.9 Å². The van der Waals surface area contributed by atoms with E-state index >= 15 is 0 Å². The van der Waals surface area contributed by atoms with Crippen LogP contribution in [-0.2, 0) is 0 Å². The molecule has 0 amide bonds. The minimum Gasteiger partial charge on any atom is -0.391 e. The van der Waals surface area contributed by atoms with Gasteiger partial charge in [0.15, 0.2) is 0 Å². The van der Waals surface area contributed by atoms with Gasteiger partial charge in [0.1, 0.15) is 0 Å². The van der Waals surface area contributed by atoms with Crippen molar-refractivity contribution in [1.29, 1.82) is 0 Å². The highest BCUT2D eigenvalue weighted by molar-refractivity contribution is 4.79. The van der Waals surface area contributed by atoms with E-state index in [-0.39, 0.29) is 11.9 Å². The van der Waals surface area contributed by atoms with Crippen molar-refractivity contribution in [2.75, 3.05) is 0 Å². The van der Waals surface area contributed by atoms with Gasteiger partial charge in [-0.3, -0.25) is 0 Å². The minimum atomic E-state index is -0.567. The third-order valence-corrected chi connectivity index (χ3v) is 0.844. The summed E-state index contributed by atoms with van der Waals surface area (Å²) in [4.78, 5) is 10.3. The van der Waals surface area contributed by atoms with Crippen LogP contribution >= 0.6 is 0 Å². The Morgan fingerprint density at radius 2 is 2.56 bits per heavy atom. The summed E-state index contributed by atoms with van der Waals surface area (Å²) in [5.41, 5.74) is 5.31. The predicted molar refractivity (Wildman–Crippen MR) is 29.7 cm³/mol. The normalized spacial score (nSPS) is 13.6. The molecule has 5 nitrogen and oxygen atoms in total. The van der Waals surface area contributed by atoms with E-state index < -0.39 is 5.76 Å². The van der Waals surface area contributed by atoms with Crippen LogP contribution in [0.1, 0.15) is 18.9 Å². The molecule has 3 N–H and O–H groups in total. The average molecular weight is 129 g/mol. The summed E-state index contributed by atoms with van der Waals surface area (Å²) in [5.74, 6) is -0.331. The molecule has 0 aliphatic carbocycles. The molecular weight excluding hydrogens is 122 g/mol. The fourth-order valence-corrected chi connectivity index (χ4v) is 0.436. The molecule has 5 heteroatoms. The van der Waals surface area contributed by atoms with E-state index in [1.54, 1.807) is 6.92 Å². The highest BCUT2D eigenvalue weighted by Gasteiger charge is 2.04. The van der Waals surface area contributed by atoms with Crippen molar-refractivity contribution in [2.45, 2.75) is 13.0 Å². The number of aromatic amines is 1. The van der Waals surface area contributed by atoms with Gasteiger partial charge in [0, 0.05) is 0 Å². The molecule has 0 bridgehead atoms. The first-order valence-corrected chi connectivity index (χ1v) is 2.51. The molecule has 50 valence electrons. The number of nitrogens with zero attached hydrogens (tertiary/aromatic N) is 1. The van der Waals surface area contributed by atoms with Crippen LogP contribution in [0, 0.1) is 0 Å². The molecule has 0 radical (unpaired) electrons. The monoisotopic (exact) mass is 129 g/mol. The van der Waals surface area contributed by atoms with E-state index in [0.717, 1.165) is 0 Å². The molecule has 0 spiro atoms. The van der Waals surface area contributed by atoms with E-state index in [1.807, 2.05) is 0 Å². The maximum atomic E-state index is 10.3. The zero-order valence-corrected chi connectivity index (χ0v) is 4.92. The van der Waals surface area contributed by atoms with Crippen LogP contribution in [0.2, 0.25) is 0 Å². The average Bonchev–Trinajstić information content (AvgIpc) is 2.14. The summed E-state index contributed by atoms with van der Waals surface area (Å²) >= 11 is 0. The van der Waals surface area contributed by atoms with Gasteiger partial charge in [-0.15, -0.1) is 5.10 Å². The van der Waals surface area contributed by atoms with Crippen molar-refractivity contribution in [3.05, 3.63) is 16.4 Å². The largest absolute Gasteiger partial charge is 0.434 e. The lowest BCUT2D eigenvalue weighted by Gasteiger charge is -1.91. The summed E-state index contributed by atoms with van der Waals surface area (Å²) in [6.45, 7) is 1.68. The van der Waals surface area contributed by atoms with Gasteiger partial charge in [0.05, 0.1) is 6.04 Å². The van der Waals surface area contributed by atoms with Crippen LogP contribution in [0.4, 0.5) is 0 Å². The number of hydrogen-bond donors (Lipinski definition) is 2. The minimum absolute atomic E-state index is 0.236. The van der Waals surface area contributed by atoms with E-state index in [4.69, 9.17) is 5.73 Å². The lowest BCUT2D eigenvalue weighted by molar-refractivity contribution is 0.437. The van der Waals surface area contributed by atoms with Crippen molar-refractivity contribution < 1.29 is 4.42 Å². The zero-order valence-electron chi connectivity index (χ0n) is 4.92. The summed E-state index contributed by atoms with van der Waals surface area (Å²) in [6.07, 6.45) is 0. The maximum absolute atomic E-state index is 10.3. The molecule has 1 aromatic heterocycles. The van der Waals surface area contributed by atoms with Crippen molar-refractivity contribution in [1.82, 2.24) is 10.2 Å². The Balaban J connectivity index is 2.98. The van der Waals surface area contributed by atoms with Crippen molar-refractivity contribution >= 4 is 0 Å². The number of nitrogens with one attached hydrogen (secondary N) is 1. The van der Waals surface area contributed by atoms with Gasteiger partial charge in [-0.25, -0.2) is 9.89 Å². The molecule has 0 aliphatic heterocycles. The molecule has 1 aromatic rings. The molecule has 0 saturated carbocycles. The van der Waals surface area contributed by atoms with Crippen LogP contribution in [-0.4, -0.2) is 10.2 Å². The lowest BCUT2D eigenvalue weighted by atomic mass is 10.4. The Morgan fingerprint density at radius 3 is 2.78 bits per heavy atom. The third kappa shape index (κ3) is 1.17. The van der Waals surface area contributed by atoms with Crippen LogP contribution < -0.4 is 11.5 Å². The first-order valence-electron chi connectivity index (χ1n) is 2.51. The summed E-state index contributed by atoms with van der Waals surface area (Å²) in [5, 5.41) is 5.58. The summed E-state index contributed by atoms with van der Waals surface area (Å²) in [6, 6.07) is -0.330. The first-order chi connectivity index (χ1) is 4.20. The van der Waals surface area contributed by atoms with Crippen LogP contribution in [0.5, 0.6) is 0 Å². The SMILES string of the molecule is C[C@H](N)c1n[nH]c(=O)o1. The first kappa shape index (κ1) is 6.03. The Labute approximate surface area is 50.9 Å². The highest BCUT2D eigenvalue weighted by atomic mass is 16.4. The summed E-state index contributed by atoms with van der Waals surface area (Å²) < 4.78 is 4.50. The molecule has 9 heavy (non-hydrogen) atoms. The number of hydrogen-bond acceptors (Lipinski definition) is 4. The maximum Gasteiger partial charge on any atom is 0.434 e. The molecule has 1 heterocycles. The van der Waals surface area contributed by atoms with Gasteiger partial charge >= 0.3 is 5.76 Å². The number of H-pyrrole nitrogens is 1. The zero-order chi connectivity index (χ0) is 6.85. The Bertz CT molecular complexity index is 236. The molecule has 0 fully saturated rings. The molecule has 1 rings (SSSR count). The fraction of sp³-hybridized carbons (Fsp3) is 0.500. The quantitative estimate of drug-likeness (QED) is 0.529. The summed E-state index contributed by atoms with van der Waals surface area (Å²) in [7, 11) is 0. The van der Waals surface area contributed by atoms with E-state index in [0.29, 0.717) is 0 Å². The molecule has 1 atom stereocenters. The second kappa shape index (κ2) is 2.02. The predicted octanol–water partition coefficient (Wildman–Crippen LogP) is -0.617. The van der Waals surface area contributed by atoms with Gasteiger partial charge in [0.2, 0.25) is 5.89 Å². The highest BCUT2D eigenvalue weighted by Crippen LogP contribution is 1.98. The van der Waals surface area contributed by atoms with Gasteiger partial charge in [0.25, 0.3) is 0 Å². The van der Waals surface area contributed by atoms with Crippen LogP contribution in [0.25, 0.3) is 0 Å². The Morgan fingerprint density at radius 1 is 1.89 bits per heavy atom. The van der Waals surface area contributed by atoms with Crippen molar-refractivity contribution in [2.24, 2.45) is 5.73 Å². The smallest absolute Gasteiger partial charge is 0.391 e. The van der Waals surface area contributed by atoms with Gasteiger partial charge in [-0.2, -0.15) is 0 Å². The van der Waals surface area contributed by atoms with Gasteiger partial charge < -0.3 is 10.2 Å². The lowest BCUT2D eigenvalue weighted by Crippen LogP contribution is -2.05. The standard InChI is InChI=1S/C4H7N3O2/c1-2(5)3-6-7-4(8)9-3/h2H,5H2,1H3,(H,7,8)/t2-/m0/s1. The Hall–Kier alpha value is -1.10. The van der Waals surface area contributed by atoms with Crippen molar-refractivity contribution in [3.8, 4) is 0 Å². The van der Waals surface area contributed by atoms with Crippen LogP contribution in [0.15, 0.2) is 9.21 Å². The third-order valence-electron chi connectivity index (χ3n) is 0.844. The second-order valence-corrected chi connectivity index (χ2v) is 1.74. The molecule has 0 aliphatic rings. The Kier molecular flexibility index (Phi) is 1.35. The second-order valence-electron chi connectivity index (χ2n) is 1.74. The number of aromatic nitrogens is 2. The molecular formula is C4H7N3O2. The fourth-order valence-electron chi connectivity index (χ4n) is 0.436. The van der Waals surface area contributed by atoms with Gasteiger partial charge in [-0.1, -0.05) is 0 Å². The molecule has 0 unspecified atom stereocenters. The van der Waals surface area contributed by atoms with E-state index in [9.17, 15) is 4.79 Å².